The van der Waals surface area contributed by atoms with Crippen LogP contribution in [0.15, 0.2) is 0 Å². The van der Waals surface area contributed by atoms with Crippen LogP contribution < -0.4 is 5.32 Å². The highest BCUT2D eigenvalue weighted by molar-refractivity contribution is 4.86. The van der Waals surface area contributed by atoms with E-state index in [9.17, 15) is 0 Å². The monoisotopic (exact) mass is 241 g/mol. The van der Waals surface area contributed by atoms with Crippen LogP contribution in [0.25, 0.3) is 0 Å². The summed E-state index contributed by atoms with van der Waals surface area (Å²) >= 11 is 0. The molecule has 102 valence electrons. The van der Waals surface area contributed by atoms with E-state index in [-0.39, 0.29) is 0 Å². The Morgan fingerprint density at radius 2 is 1.94 bits per heavy atom. The SMILES string of the molecule is CCN(CC)C1CCN(C(C)CC(C)NC)C1. The summed E-state index contributed by atoms with van der Waals surface area (Å²) in [5.74, 6) is 0. The van der Waals surface area contributed by atoms with Gasteiger partial charge < -0.3 is 5.32 Å². The van der Waals surface area contributed by atoms with Crippen molar-refractivity contribution < 1.29 is 0 Å². The lowest BCUT2D eigenvalue weighted by Gasteiger charge is -2.29. The topological polar surface area (TPSA) is 18.5 Å². The van der Waals surface area contributed by atoms with Gasteiger partial charge in [-0.25, -0.2) is 0 Å². The Hall–Kier alpha value is -0.120. The third kappa shape index (κ3) is 4.23. The van der Waals surface area contributed by atoms with E-state index >= 15 is 0 Å². The first-order valence-electron chi connectivity index (χ1n) is 7.27. The molecular formula is C14H31N3. The average molecular weight is 241 g/mol. The van der Waals surface area contributed by atoms with E-state index in [2.05, 4.69) is 49.9 Å². The fraction of sp³-hybridized carbons (Fsp3) is 1.00. The molecule has 3 nitrogen and oxygen atoms in total. The van der Waals surface area contributed by atoms with Gasteiger partial charge in [0.15, 0.2) is 0 Å². The molecule has 0 radical (unpaired) electrons. The molecule has 17 heavy (non-hydrogen) atoms. The van der Waals surface area contributed by atoms with Gasteiger partial charge in [-0.05, 0) is 46.8 Å². The van der Waals surface area contributed by atoms with Gasteiger partial charge in [0, 0.05) is 31.2 Å². The zero-order chi connectivity index (χ0) is 12.8. The van der Waals surface area contributed by atoms with Crippen molar-refractivity contribution in [1.29, 1.82) is 0 Å². The van der Waals surface area contributed by atoms with E-state index in [1.54, 1.807) is 0 Å². The van der Waals surface area contributed by atoms with Crippen LogP contribution >= 0.6 is 0 Å². The van der Waals surface area contributed by atoms with Gasteiger partial charge >= 0.3 is 0 Å². The van der Waals surface area contributed by atoms with Gasteiger partial charge in [0.05, 0.1) is 0 Å². The first-order valence-corrected chi connectivity index (χ1v) is 7.27. The Morgan fingerprint density at radius 1 is 1.29 bits per heavy atom. The molecule has 1 N–H and O–H groups in total. The van der Waals surface area contributed by atoms with Crippen LogP contribution in [0.1, 0.15) is 40.5 Å². The Bertz CT molecular complexity index is 204. The number of nitrogens with one attached hydrogen (secondary N) is 1. The van der Waals surface area contributed by atoms with Gasteiger partial charge in [-0.15, -0.1) is 0 Å². The second kappa shape index (κ2) is 7.34. The predicted molar refractivity (Wildman–Crippen MR) is 75.5 cm³/mol. The lowest BCUT2D eigenvalue weighted by atomic mass is 10.1. The fourth-order valence-electron chi connectivity index (χ4n) is 2.99. The van der Waals surface area contributed by atoms with E-state index in [0.717, 1.165) is 6.04 Å². The largest absolute Gasteiger partial charge is 0.317 e. The summed E-state index contributed by atoms with van der Waals surface area (Å²) in [5, 5.41) is 3.34. The van der Waals surface area contributed by atoms with E-state index < -0.39 is 0 Å². The molecule has 1 fully saturated rings. The Morgan fingerprint density at radius 3 is 2.47 bits per heavy atom. The first-order chi connectivity index (χ1) is 8.12. The van der Waals surface area contributed by atoms with Crippen LogP contribution in [-0.4, -0.2) is 61.2 Å². The highest BCUT2D eigenvalue weighted by atomic mass is 15.3. The fourth-order valence-corrected chi connectivity index (χ4v) is 2.99. The molecule has 0 spiro atoms. The molecule has 1 aliphatic heterocycles. The van der Waals surface area contributed by atoms with Crippen LogP contribution in [-0.2, 0) is 0 Å². The summed E-state index contributed by atoms with van der Waals surface area (Å²) in [6, 6.07) is 2.12. The molecule has 0 aromatic rings. The maximum Gasteiger partial charge on any atom is 0.0235 e. The third-order valence-corrected chi connectivity index (χ3v) is 4.33. The summed E-state index contributed by atoms with van der Waals surface area (Å²) in [4.78, 5) is 5.27. The number of hydrogen-bond acceptors (Lipinski definition) is 3. The third-order valence-electron chi connectivity index (χ3n) is 4.33. The van der Waals surface area contributed by atoms with Gasteiger partial charge in [-0.1, -0.05) is 13.8 Å². The van der Waals surface area contributed by atoms with Crippen LogP contribution in [0.5, 0.6) is 0 Å². The Balaban J connectivity index is 2.38. The van der Waals surface area contributed by atoms with Gasteiger partial charge in [0.2, 0.25) is 0 Å². The quantitative estimate of drug-likeness (QED) is 0.733. The highest BCUT2D eigenvalue weighted by Crippen LogP contribution is 2.19. The summed E-state index contributed by atoms with van der Waals surface area (Å²) in [5.41, 5.74) is 0. The highest BCUT2D eigenvalue weighted by Gasteiger charge is 2.29. The lowest BCUT2D eigenvalue weighted by Crippen LogP contribution is -2.40. The van der Waals surface area contributed by atoms with Crippen molar-refractivity contribution in [3.8, 4) is 0 Å². The van der Waals surface area contributed by atoms with Crippen molar-refractivity contribution >= 4 is 0 Å². The molecule has 1 saturated heterocycles. The van der Waals surface area contributed by atoms with E-state index in [1.807, 2.05) is 0 Å². The number of likely N-dealkylation sites (N-methyl/N-ethyl adjacent to an activating group) is 1. The van der Waals surface area contributed by atoms with E-state index in [4.69, 9.17) is 0 Å². The molecule has 0 amide bonds. The van der Waals surface area contributed by atoms with E-state index in [1.165, 1.54) is 39.0 Å². The first kappa shape index (κ1) is 14.9. The van der Waals surface area contributed by atoms with Gasteiger partial charge in [-0.2, -0.15) is 0 Å². The van der Waals surface area contributed by atoms with Gasteiger partial charge in [-0.3, -0.25) is 9.80 Å². The Kier molecular flexibility index (Phi) is 6.45. The van der Waals surface area contributed by atoms with Crippen LogP contribution in [0.4, 0.5) is 0 Å². The molecule has 1 rings (SSSR count). The van der Waals surface area contributed by atoms with E-state index in [0.29, 0.717) is 12.1 Å². The average Bonchev–Trinajstić information content (AvgIpc) is 2.80. The maximum atomic E-state index is 3.34. The molecular weight excluding hydrogens is 210 g/mol. The van der Waals surface area contributed by atoms with Crippen molar-refractivity contribution in [2.45, 2.75) is 58.7 Å². The minimum Gasteiger partial charge on any atom is -0.317 e. The summed E-state index contributed by atoms with van der Waals surface area (Å²) in [7, 11) is 2.06. The van der Waals surface area contributed by atoms with Crippen molar-refractivity contribution in [1.82, 2.24) is 15.1 Å². The molecule has 3 atom stereocenters. The van der Waals surface area contributed by atoms with Crippen LogP contribution in [0, 0.1) is 0 Å². The van der Waals surface area contributed by atoms with Crippen LogP contribution in [0.2, 0.25) is 0 Å². The molecule has 3 heteroatoms. The minimum atomic E-state index is 0.623. The van der Waals surface area contributed by atoms with Gasteiger partial charge in [0.25, 0.3) is 0 Å². The molecule has 3 unspecified atom stereocenters. The predicted octanol–water partition coefficient (Wildman–Crippen LogP) is 1.79. The van der Waals surface area contributed by atoms with Crippen LogP contribution in [0.3, 0.4) is 0 Å². The second-order valence-corrected chi connectivity index (χ2v) is 5.43. The molecule has 0 saturated carbocycles. The number of rotatable bonds is 7. The zero-order valence-corrected chi connectivity index (χ0v) is 12.4. The normalized spacial score (nSPS) is 25.4. The molecule has 0 aromatic carbocycles. The number of nitrogens with zero attached hydrogens (tertiary/aromatic N) is 2. The molecule has 0 aliphatic carbocycles. The van der Waals surface area contributed by atoms with Crippen molar-refractivity contribution in [2.24, 2.45) is 0 Å². The molecule has 0 bridgehead atoms. The molecule has 1 heterocycles. The molecule has 0 aromatic heterocycles. The minimum absolute atomic E-state index is 0.623. The lowest BCUT2D eigenvalue weighted by molar-refractivity contribution is 0.184. The Labute approximate surface area is 108 Å². The van der Waals surface area contributed by atoms with Crippen molar-refractivity contribution in [2.75, 3.05) is 33.2 Å². The summed E-state index contributed by atoms with van der Waals surface area (Å²) < 4.78 is 0. The van der Waals surface area contributed by atoms with Crippen molar-refractivity contribution in [3.05, 3.63) is 0 Å². The standard InChI is InChI=1S/C14H31N3/c1-6-16(7-2)14-8-9-17(11-14)13(4)10-12(3)15-5/h12-15H,6-11H2,1-5H3. The second-order valence-electron chi connectivity index (χ2n) is 5.43. The van der Waals surface area contributed by atoms with Crippen molar-refractivity contribution in [3.63, 3.8) is 0 Å². The number of likely N-dealkylation sites (tertiary alicyclic amines) is 1. The number of hydrogen-bond donors (Lipinski definition) is 1. The summed E-state index contributed by atoms with van der Waals surface area (Å²) in [6.07, 6.45) is 2.60. The molecule has 1 aliphatic rings. The maximum absolute atomic E-state index is 3.34. The summed E-state index contributed by atoms with van der Waals surface area (Å²) in [6.45, 7) is 14.1. The van der Waals surface area contributed by atoms with Gasteiger partial charge in [0.1, 0.15) is 0 Å². The zero-order valence-electron chi connectivity index (χ0n) is 12.4. The smallest absolute Gasteiger partial charge is 0.0235 e.